The SMILES string of the molecule is CN(Cc1ccc(Cl)s1)C(=O)CN1CCN(c2ccccc2O)CC1. The quantitative estimate of drug-likeness (QED) is 0.867. The fourth-order valence-corrected chi connectivity index (χ4v) is 4.09. The molecule has 1 saturated heterocycles. The number of rotatable bonds is 5. The van der Waals surface area contributed by atoms with Crippen molar-refractivity contribution >= 4 is 34.5 Å². The molecule has 1 aliphatic rings. The van der Waals surface area contributed by atoms with Crippen LogP contribution in [0.3, 0.4) is 0 Å². The van der Waals surface area contributed by atoms with Crippen LogP contribution in [0.5, 0.6) is 5.75 Å². The van der Waals surface area contributed by atoms with Gasteiger partial charge in [0.15, 0.2) is 0 Å². The third-order valence-electron chi connectivity index (χ3n) is 4.40. The zero-order valence-corrected chi connectivity index (χ0v) is 15.8. The van der Waals surface area contributed by atoms with E-state index in [9.17, 15) is 9.90 Å². The van der Waals surface area contributed by atoms with E-state index in [0.717, 1.165) is 41.1 Å². The molecule has 2 heterocycles. The summed E-state index contributed by atoms with van der Waals surface area (Å²) in [6.07, 6.45) is 0. The van der Waals surface area contributed by atoms with Crippen molar-refractivity contribution in [2.45, 2.75) is 6.54 Å². The summed E-state index contributed by atoms with van der Waals surface area (Å²) in [5.74, 6) is 0.418. The normalized spacial score (nSPS) is 15.4. The van der Waals surface area contributed by atoms with Gasteiger partial charge in [-0.15, -0.1) is 11.3 Å². The number of likely N-dealkylation sites (N-methyl/N-ethyl adjacent to an activating group) is 1. The molecule has 25 heavy (non-hydrogen) atoms. The van der Waals surface area contributed by atoms with Crippen LogP contribution >= 0.6 is 22.9 Å². The van der Waals surface area contributed by atoms with Gasteiger partial charge in [-0.25, -0.2) is 0 Å². The minimum Gasteiger partial charge on any atom is -0.506 e. The Balaban J connectivity index is 1.48. The molecule has 134 valence electrons. The van der Waals surface area contributed by atoms with E-state index in [-0.39, 0.29) is 5.91 Å². The minimum atomic E-state index is 0.112. The Kier molecular flexibility index (Phi) is 5.83. The van der Waals surface area contributed by atoms with E-state index in [1.807, 2.05) is 37.4 Å². The highest BCUT2D eigenvalue weighted by molar-refractivity contribution is 7.16. The average molecular weight is 380 g/mol. The lowest BCUT2D eigenvalue weighted by atomic mass is 10.2. The first-order valence-electron chi connectivity index (χ1n) is 8.26. The van der Waals surface area contributed by atoms with Gasteiger partial charge in [-0.3, -0.25) is 9.69 Å². The predicted molar refractivity (Wildman–Crippen MR) is 103 cm³/mol. The number of hydrogen-bond acceptors (Lipinski definition) is 5. The summed E-state index contributed by atoms with van der Waals surface area (Å²) in [5, 5.41) is 9.96. The highest BCUT2D eigenvalue weighted by Gasteiger charge is 2.22. The summed E-state index contributed by atoms with van der Waals surface area (Å²) in [7, 11) is 1.83. The summed E-state index contributed by atoms with van der Waals surface area (Å²) in [5.41, 5.74) is 0.861. The highest BCUT2D eigenvalue weighted by Crippen LogP contribution is 2.27. The number of hydrogen-bond donors (Lipinski definition) is 1. The molecule has 0 unspecified atom stereocenters. The molecule has 3 rings (SSSR count). The molecule has 1 fully saturated rings. The van der Waals surface area contributed by atoms with Crippen LogP contribution < -0.4 is 4.90 Å². The number of phenolic OH excluding ortho intramolecular Hbond substituents is 1. The Morgan fingerprint density at radius 3 is 2.56 bits per heavy atom. The maximum Gasteiger partial charge on any atom is 0.236 e. The number of anilines is 1. The lowest BCUT2D eigenvalue weighted by Gasteiger charge is -2.36. The van der Waals surface area contributed by atoms with E-state index in [2.05, 4.69) is 9.80 Å². The number of nitrogens with zero attached hydrogens (tertiary/aromatic N) is 3. The fraction of sp³-hybridized carbons (Fsp3) is 0.389. The van der Waals surface area contributed by atoms with E-state index in [0.29, 0.717) is 18.8 Å². The molecule has 7 heteroatoms. The lowest BCUT2D eigenvalue weighted by molar-refractivity contribution is -0.131. The molecule has 1 N–H and O–H groups in total. The molecule has 2 aromatic rings. The number of halogens is 1. The first-order chi connectivity index (χ1) is 12.0. The van der Waals surface area contributed by atoms with Crippen molar-refractivity contribution in [1.29, 1.82) is 0 Å². The van der Waals surface area contributed by atoms with E-state index in [1.165, 1.54) is 11.3 Å². The first kappa shape index (κ1) is 18.0. The zero-order valence-electron chi connectivity index (χ0n) is 14.2. The van der Waals surface area contributed by atoms with Gasteiger partial charge < -0.3 is 14.9 Å². The van der Waals surface area contributed by atoms with Crippen LogP contribution in [0.2, 0.25) is 4.34 Å². The maximum atomic E-state index is 12.4. The molecule has 0 atom stereocenters. The molecule has 5 nitrogen and oxygen atoms in total. The van der Waals surface area contributed by atoms with Crippen molar-refractivity contribution in [3.05, 3.63) is 45.6 Å². The van der Waals surface area contributed by atoms with Gasteiger partial charge in [-0.1, -0.05) is 23.7 Å². The Hall–Kier alpha value is -1.76. The van der Waals surface area contributed by atoms with Crippen LogP contribution in [0.4, 0.5) is 5.69 Å². The third-order valence-corrected chi connectivity index (χ3v) is 5.62. The number of aromatic hydroxyl groups is 1. The van der Waals surface area contributed by atoms with Gasteiger partial charge in [0.25, 0.3) is 0 Å². The molecule has 0 saturated carbocycles. The number of para-hydroxylation sites is 2. The number of thiophene rings is 1. The van der Waals surface area contributed by atoms with Crippen LogP contribution in [0, 0.1) is 0 Å². The maximum absolute atomic E-state index is 12.4. The van der Waals surface area contributed by atoms with E-state index in [1.54, 1.807) is 11.0 Å². The minimum absolute atomic E-state index is 0.112. The standard InChI is InChI=1S/C18H22ClN3O2S/c1-20(12-14-6-7-17(19)25-14)18(24)13-21-8-10-22(11-9-21)15-4-2-3-5-16(15)23/h2-7,23H,8-13H2,1H3. The second-order valence-corrected chi connectivity index (χ2v) is 8.01. The van der Waals surface area contributed by atoms with Crippen molar-refractivity contribution in [2.24, 2.45) is 0 Å². The highest BCUT2D eigenvalue weighted by atomic mass is 35.5. The smallest absolute Gasteiger partial charge is 0.236 e. The third kappa shape index (κ3) is 4.66. The number of piperazine rings is 1. The molecule has 1 aliphatic heterocycles. The summed E-state index contributed by atoms with van der Waals surface area (Å²) < 4.78 is 0.746. The lowest BCUT2D eigenvalue weighted by Crippen LogP contribution is -2.49. The molecule has 0 radical (unpaired) electrons. The largest absolute Gasteiger partial charge is 0.506 e. The number of amides is 1. The summed E-state index contributed by atoms with van der Waals surface area (Å²) in [6, 6.07) is 11.2. The van der Waals surface area contributed by atoms with E-state index in [4.69, 9.17) is 11.6 Å². The van der Waals surface area contributed by atoms with E-state index >= 15 is 0 Å². The average Bonchev–Trinajstić information content (AvgIpc) is 3.01. The summed E-state index contributed by atoms with van der Waals surface area (Å²) >= 11 is 7.45. The van der Waals surface area contributed by atoms with Gasteiger partial charge in [-0.2, -0.15) is 0 Å². The summed E-state index contributed by atoms with van der Waals surface area (Å²) in [4.78, 5) is 19.6. The molecule has 1 amide bonds. The van der Waals surface area contributed by atoms with Gasteiger partial charge in [0, 0.05) is 38.1 Å². The molecule has 1 aromatic carbocycles. The van der Waals surface area contributed by atoms with Crippen molar-refractivity contribution in [1.82, 2.24) is 9.80 Å². The van der Waals surface area contributed by atoms with Crippen LogP contribution in [-0.4, -0.2) is 60.6 Å². The predicted octanol–water partition coefficient (Wildman–Crippen LogP) is 2.89. The van der Waals surface area contributed by atoms with Crippen LogP contribution in [0.25, 0.3) is 0 Å². The molecular weight excluding hydrogens is 358 g/mol. The van der Waals surface area contributed by atoms with E-state index < -0.39 is 0 Å². The topological polar surface area (TPSA) is 47.0 Å². The van der Waals surface area contributed by atoms with Gasteiger partial charge >= 0.3 is 0 Å². The van der Waals surface area contributed by atoms with Gasteiger partial charge in [0.2, 0.25) is 5.91 Å². The number of carbonyl (C=O) groups is 1. The van der Waals surface area contributed by atoms with Crippen molar-refractivity contribution in [2.75, 3.05) is 44.7 Å². The number of phenols is 1. The molecule has 0 aliphatic carbocycles. The second kappa shape index (κ2) is 8.08. The molecular formula is C18H22ClN3O2S. The molecule has 0 spiro atoms. The molecule has 1 aromatic heterocycles. The Labute approximate surface area is 157 Å². The van der Waals surface area contributed by atoms with Crippen molar-refractivity contribution < 1.29 is 9.90 Å². The van der Waals surface area contributed by atoms with Gasteiger partial charge in [-0.05, 0) is 24.3 Å². The Morgan fingerprint density at radius 1 is 1.20 bits per heavy atom. The van der Waals surface area contributed by atoms with Crippen molar-refractivity contribution in [3.63, 3.8) is 0 Å². The zero-order chi connectivity index (χ0) is 17.8. The van der Waals surface area contributed by atoms with Crippen LogP contribution in [0.15, 0.2) is 36.4 Å². The number of benzene rings is 1. The summed E-state index contributed by atoms with van der Waals surface area (Å²) in [6.45, 7) is 4.22. The van der Waals surface area contributed by atoms with Gasteiger partial charge in [0.05, 0.1) is 23.1 Å². The molecule has 0 bridgehead atoms. The Morgan fingerprint density at radius 2 is 1.92 bits per heavy atom. The van der Waals surface area contributed by atoms with Crippen molar-refractivity contribution in [3.8, 4) is 5.75 Å². The fourth-order valence-electron chi connectivity index (χ4n) is 2.95. The second-order valence-electron chi connectivity index (χ2n) is 6.21. The van der Waals surface area contributed by atoms with Gasteiger partial charge in [0.1, 0.15) is 5.75 Å². The van der Waals surface area contributed by atoms with Crippen LogP contribution in [-0.2, 0) is 11.3 Å². The first-order valence-corrected chi connectivity index (χ1v) is 9.46. The van der Waals surface area contributed by atoms with Crippen LogP contribution in [0.1, 0.15) is 4.88 Å². The number of carbonyl (C=O) groups excluding carboxylic acids is 1. The Bertz CT molecular complexity index is 729. The monoisotopic (exact) mass is 379 g/mol.